The number of nitrogens with zero attached hydrogens (tertiary/aromatic N) is 1. The topological polar surface area (TPSA) is 122 Å². The van der Waals surface area contributed by atoms with Crippen LogP contribution in [0.15, 0.2) is 23.5 Å². The summed E-state index contributed by atoms with van der Waals surface area (Å²) in [5.41, 5.74) is 5.67. The fourth-order valence-electron chi connectivity index (χ4n) is 3.26. The number of amides is 1. The quantitative estimate of drug-likeness (QED) is 0.373. The van der Waals surface area contributed by atoms with Crippen molar-refractivity contribution in [3.05, 3.63) is 23.5 Å². The fourth-order valence-corrected chi connectivity index (χ4v) is 3.42. The van der Waals surface area contributed by atoms with Gasteiger partial charge in [-0.15, -0.1) is 0 Å². The molecule has 0 bridgehead atoms. The van der Waals surface area contributed by atoms with Gasteiger partial charge in [-0.2, -0.15) is 12.6 Å². The molecule has 0 aromatic carbocycles. The third-order valence-corrected chi connectivity index (χ3v) is 5.08. The molecule has 0 radical (unpaired) electrons. The summed E-state index contributed by atoms with van der Waals surface area (Å²) < 4.78 is 11.2. The standard InChI is InChI=1S/C15H21BN2O6S/c17-10(7-25)14(19)18-5-9(6-18)23-11-2-1-8-3-4-16(22)24-13(8)12(11)15(20)21/h1-2,8-10,13,22,25H,3-7,17H2,(H,20,21)/t8?,10-,13?/m1/s1. The summed E-state index contributed by atoms with van der Waals surface area (Å²) >= 11 is 4.01. The van der Waals surface area contributed by atoms with Crippen molar-refractivity contribution in [1.29, 1.82) is 0 Å². The molecule has 2 heterocycles. The van der Waals surface area contributed by atoms with E-state index in [-0.39, 0.29) is 35.0 Å². The lowest BCUT2D eigenvalue weighted by atomic mass is 9.71. The summed E-state index contributed by atoms with van der Waals surface area (Å²) in [6.07, 6.45) is 3.61. The van der Waals surface area contributed by atoms with Crippen LogP contribution in [-0.2, 0) is 19.0 Å². The van der Waals surface area contributed by atoms with Crippen molar-refractivity contribution in [3.8, 4) is 0 Å². The first kappa shape index (κ1) is 18.3. The third-order valence-electron chi connectivity index (χ3n) is 4.68. The molecule has 0 aromatic heterocycles. The molecule has 2 unspecified atom stereocenters. The van der Waals surface area contributed by atoms with E-state index in [1.807, 2.05) is 6.08 Å². The smallest absolute Gasteiger partial charge is 0.454 e. The van der Waals surface area contributed by atoms with Gasteiger partial charge in [-0.1, -0.05) is 6.08 Å². The Morgan fingerprint density at radius 1 is 1.52 bits per heavy atom. The van der Waals surface area contributed by atoms with Gasteiger partial charge < -0.3 is 30.2 Å². The van der Waals surface area contributed by atoms with Crippen LogP contribution < -0.4 is 5.73 Å². The van der Waals surface area contributed by atoms with Crippen LogP contribution in [0.3, 0.4) is 0 Å². The van der Waals surface area contributed by atoms with Gasteiger partial charge in [0.1, 0.15) is 17.4 Å². The van der Waals surface area contributed by atoms with E-state index in [1.165, 1.54) is 0 Å². The number of rotatable bonds is 5. The first-order chi connectivity index (χ1) is 11.9. The Morgan fingerprint density at radius 2 is 2.24 bits per heavy atom. The van der Waals surface area contributed by atoms with Crippen LogP contribution in [0.5, 0.6) is 0 Å². The lowest BCUT2D eigenvalue weighted by Crippen LogP contribution is -2.59. The van der Waals surface area contributed by atoms with Crippen LogP contribution in [0.2, 0.25) is 6.32 Å². The summed E-state index contributed by atoms with van der Waals surface area (Å²) in [5, 5.41) is 19.2. The van der Waals surface area contributed by atoms with Gasteiger partial charge >= 0.3 is 13.1 Å². The highest BCUT2D eigenvalue weighted by Crippen LogP contribution is 2.35. The number of hydrogen-bond acceptors (Lipinski definition) is 7. The number of allylic oxidation sites excluding steroid dienone is 1. The summed E-state index contributed by atoms with van der Waals surface area (Å²) in [6.45, 7) is 0.699. The number of fused-ring (bicyclic) bond motifs is 1. The molecule has 0 aromatic rings. The maximum absolute atomic E-state index is 11.9. The number of carbonyl (C=O) groups excluding carboxylic acids is 1. The second-order valence-electron chi connectivity index (χ2n) is 6.47. The van der Waals surface area contributed by atoms with E-state index in [0.717, 1.165) is 0 Å². The molecule has 8 nitrogen and oxygen atoms in total. The Labute approximate surface area is 151 Å². The van der Waals surface area contributed by atoms with E-state index in [2.05, 4.69) is 12.6 Å². The Hall–Kier alpha value is -1.49. The monoisotopic (exact) mass is 368 g/mol. The number of hydrogen-bond donors (Lipinski definition) is 4. The molecule has 4 N–H and O–H groups in total. The van der Waals surface area contributed by atoms with Gasteiger partial charge in [0.05, 0.1) is 25.2 Å². The molecule has 3 atom stereocenters. The molecule has 2 saturated heterocycles. The number of nitrogens with two attached hydrogens (primary N) is 1. The van der Waals surface area contributed by atoms with Crippen molar-refractivity contribution in [2.24, 2.45) is 11.7 Å². The number of ether oxygens (including phenoxy) is 1. The van der Waals surface area contributed by atoms with Gasteiger partial charge in [0.15, 0.2) is 0 Å². The van der Waals surface area contributed by atoms with Crippen LogP contribution in [0.25, 0.3) is 0 Å². The zero-order valence-corrected chi connectivity index (χ0v) is 14.5. The third kappa shape index (κ3) is 3.71. The van der Waals surface area contributed by atoms with Crippen LogP contribution in [-0.4, -0.2) is 71.1 Å². The average molecular weight is 368 g/mol. The van der Waals surface area contributed by atoms with Crippen LogP contribution in [0.4, 0.5) is 0 Å². The molecule has 1 amide bonds. The number of carboxylic acids is 1. The Bertz CT molecular complexity index is 621. The van der Waals surface area contributed by atoms with Gasteiger partial charge in [-0.3, -0.25) is 4.79 Å². The normalized spacial score (nSPS) is 27.6. The van der Waals surface area contributed by atoms with Crippen LogP contribution >= 0.6 is 12.6 Å². The lowest BCUT2D eigenvalue weighted by Gasteiger charge is -2.41. The van der Waals surface area contributed by atoms with E-state index < -0.39 is 25.2 Å². The lowest BCUT2D eigenvalue weighted by molar-refractivity contribution is -0.144. The van der Waals surface area contributed by atoms with Gasteiger partial charge in [0.2, 0.25) is 5.91 Å². The summed E-state index contributed by atoms with van der Waals surface area (Å²) in [4.78, 5) is 25.2. The predicted molar refractivity (Wildman–Crippen MR) is 92.8 cm³/mol. The van der Waals surface area contributed by atoms with Crippen molar-refractivity contribution >= 4 is 31.6 Å². The number of aliphatic carboxylic acids is 1. The summed E-state index contributed by atoms with van der Waals surface area (Å²) in [5.74, 6) is -0.929. The van der Waals surface area contributed by atoms with E-state index in [0.29, 0.717) is 25.8 Å². The zero-order valence-electron chi connectivity index (χ0n) is 13.6. The molecule has 3 rings (SSSR count). The molecule has 136 valence electrons. The summed E-state index contributed by atoms with van der Waals surface area (Å²) in [6, 6.07) is -0.648. The van der Waals surface area contributed by atoms with Crippen molar-refractivity contribution in [1.82, 2.24) is 4.90 Å². The Kier molecular flexibility index (Phi) is 5.42. The number of carbonyl (C=O) groups is 2. The van der Waals surface area contributed by atoms with Crippen molar-refractivity contribution in [2.75, 3.05) is 18.8 Å². The SMILES string of the molecule is N[C@H](CS)C(=O)N1CC(OC2=C(C(=O)O)C3OB(O)CCC3C=C2)C1. The fraction of sp³-hybridized carbons (Fsp3) is 0.600. The minimum atomic E-state index is -1.13. The highest BCUT2D eigenvalue weighted by atomic mass is 32.1. The molecule has 0 saturated carbocycles. The van der Waals surface area contributed by atoms with Gasteiger partial charge in [0.25, 0.3) is 0 Å². The van der Waals surface area contributed by atoms with E-state index in [4.69, 9.17) is 15.1 Å². The minimum Gasteiger partial charge on any atom is -0.486 e. The highest BCUT2D eigenvalue weighted by Gasteiger charge is 2.42. The highest BCUT2D eigenvalue weighted by molar-refractivity contribution is 7.80. The largest absolute Gasteiger partial charge is 0.486 e. The van der Waals surface area contributed by atoms with Crippen molar-refractivity contribution in [3.63, 3.8) is 0 Å². The average Bonchev–Trinajstić information content (AvgIpc) is 2.55. The molecule has 2 aliphatic heterocycles. The molecule has 3 aliphatic rings. The van der Waals surface area contributed by atoms with E-state index in [9.17, 15) is 19.7 Å². The first-order valence-electron chi connectivity index (χ1n) is 8.21. The number of thiol groups is 1. The maximum atomic E-state index is 11.9. The Balaban J connectivity index is 1.67. The molecule has 0 spiro atoms. The van der Waals surface area contributed by atoms with Crippen LogP contribution in [0.1, 0.15) is 6.42 Å². The summed E-state index contributed by atoms with van der Waals surface area (Å²) in [7, 11) is -0.970. The van der Waals surface area contributed by atoms with E-state index >= 15 is 0 Å². The van der Waals surface area contributed by atoms with Crippen molar-refractivity contribution in [2.45, 2.75) is 31.0 Å². The molecular weight excluding hydrogens is 347 g/mol. The van der Waals surface area contributed by atoms with Gasteiger partial charge in [-0.25, -0.2) is 4.79 Å². The molecule has 25 heavy (non-hydrogen) atoms. The molecule has 1 aliphatic carbocycles. The predicted octanol–water partition coefficient (Wildman–Crippen LogP) is -0.735. The van der Waals surface area contributed by atoms with Crippen LogP contribution in [0, 0.1) is 5.92 Å². The van der Waals surface area contributed by atoms with E-state index in [1.54, 1.807) is 11.0 Å². The first-order valence-corrected chi connectivity index (χ1v) is 8.85. The molecule has 10 heteroatoms. The van der Waals surface area contributed by atoms with Gasteiger partial charge in [-0.05, 0) is 18.8 Å². The second kappa shape index (κ2) is 7.41. The maximum Gasteiger partial charge on any atom is 0.454 e. The molecule has 2 fully saturated rings. The number of carboxylic acid groups (broad SMARTS) is 1. The Morgan fingerprint density at radius 3 is 2.88 bits per heavy atom. The van der Waals surface area contributed by atoms with Crippen molar-refractivity contribution < 1.29 is 29.1 Å². The molecular formula is C15H21BN2O6S. The second-order valence-corrected chi connectivity index (χ2v) is 6.83. The van der Waals surface area contributed by atoms with Gasteiger partial charge in [0, 0.05) is 11.7 Å². The number of likely N-dealkylation sites (tertiary alicyclic amines) is 1. The zero-order chi connectivity index (χ0) is 18.1. The minimum absolute atomic E-state index is 0.0167.